The molecule has 27 heavy (non-hydrogen) atoms. The molecule has 0 saturated carbocycles. The summed E-state index contributed by atoms with van der Waals surface area (Å²) in [4.78, 5) is 16.0. The number of benzene rings is 1. The van der Waals surface area contributed by atoms with Crippen molar-refractivity contribution in [1.82, 2.24) is 16.0 Å². The van der Waals surface area contributed by atoms with Gasteiger partial charge in [-0.15, -0.1) is 0 Å². The summed E-state index contributed by atoms with van der Waals surface area (Å²) >= 11 is 0. The lowest BCUT2D eigenvalue weighted by Gasteiger charge is -2.25. The third-order valence-electron chi connectivity index (χ3n) is 3.29. The molecule has 1 aromatic carbocycles. The van der Waals surface area contributed by atoms with E-state index in [2.05, 4.69) is 20.9 Å². The molecule has 1 unspecified atom stereocenters. The second-order valence-electron chi connectivity index (χ2n) is 6.85. The molecular weight excluding hydrogens is 361 g/mol. The molecule has 1 aromatic rings. The molecule has 0 aromatic heterocycles. The standard InChI is InChI=1S/C18H27F3N4O2/c1-17(2,3)27-16(26)25-14(13-8-6-5-7-9-13)12-24-15(22-4)23-11-10-18(19,20)21/h5-9,14H,10-12H2,1-4H3,(H,25,26)(H2,22,23,24). The van der Waals surface area contributed by atoms with E-state index in [0.717, 1.165) is 5.56 Å². The Balaban J connectivity index is 2.69. The first-order chi connectivity index (χ1) is 12.5. The minimum Gasteiger partial charge on any atom is -0.444 e. The number of amides is 1. The van der Waals surface area contributed by atoms with Gasteiger partial charge < -0.3 is 20.7 Å². The van der Waals surface area contributed by atoms with Crippen molar-refractivity contribution >= 4 is 12.1 Å². The first-order valence-corrected chi connectivity index (χ1v) is 8.56. The Bertz CT molecular complexity index is 613. The molecular formula is C18H27F3N4O2. The number of alkyl halides is 3. The van der Waals surface area contributed by atoms with Crippen molar-refractivity contribution in [3.05, 3.63) is 35.9 Å². The van der Waals surface area contributed by atoms with Crippen LogP contribution < -0.4 is 16.0 Å². The SMILES string of the molecule is CN=C(NCCC(F)(F)F)NCC(NC(=O)OC(C)(C)C)c1ccccc1. The maximum Gasteiger partial charge on any atom is 0.408 e. The molecule has 1 atom stereocenters. The molecule has 0 bridgehead atoms. The second-order valence-corrected chi connectivity index (χ2v) is 6.85. The molecule has 0 spiro atoms. The predicted molar refractivity (Wildman–Crippen MR) is 98.6 cm³/mol. The van der Waals surface area contributed by atoms with Crippen LogP contribution in [0.1, 0.15) is 38.8 Å². The van der Waals surface area contributed by atoms with Gasteiger partial charge in [-0.1, -0.05) is 30.3 Å². The molecule has 1 rings (SSSR count). The van der Waals surface area contributed by atoms with Crippen LogP contribution in [0.5, 0.6) is 0 Å². The van der Waals surface area contributed by atoms with Gasteiger partial charge >= 0.3 is 12.3 Å². The quantitative estimate of drug-likeness (QED) is 0.516. The van der Waals surface area contributed by atoms with Gasteiger partial charge in [-0.3, -0.25) is 4.99 Å². The number of hydrogen-bond acceptors (Lipinski definition) is 3. The first kappa shape index (κ1) is 22.6. The Labute approximate surface area is 157 Å². The Hall–Kier alpha value is -2.45. The lowest BCUT2D eigenvalue weighted by atomic mass is 10.1. The summed E-state index contributed by atoms with van der Waals surface area (Å²) < 4.78 is 42.1. The largest absolute Gasteiger partial charge is 0.444 e. The number of nitrogens with one attached hydrogen (secondary N) is 3. The first-order valence-electron chi connectivity index (χ1n) is 8.56. The van der Waals surface area contributed by atoms with Gasteiger partial charge in [-0.2, -0.15) is 13.2 Å². The molecule has 9 heteroatoms. The molecule has 6 nitrogen and oxygen atoms in total. The summed E-state index contributed by atoms with van der Waals surface area (Å²) in [5.74, 6) is 0.214. The van der Waals surface area contributed by atoms with Crippen LogP contribution in [0.15, 0.2) is 35.3 Å². The lowest BCUT2D eigenvalue weighted by Crippen LogP contribution is -2.44. The average Bonchev–Trinajstić information content (AvgIpc) is 2.54. The fourth-order valence-electron chi connectivity index (χ4n) is 2.13. The monoisotopic (exact) mass is 388 g/mol. The Kier molecular flexibility index (Phi) is 8.39. The third kappa shape index (κ3) is 10.3. The van der Waals surface area contributed by atoms with Gasteiger partial charge in [-0.05, 0) is 26.3 Å². The zero-order valence-electron chi connectivity index (χ0n) is 16.0. The van der Waals surface area contributed by atoms with Crippen LogP contribution in [0.3, 0.4) is 0 Å². The summed E-state index contributed by atoms with van der Waals surface area (Å²) in [6, 6.07) is 8.72. The highest BCUT2D eigenvalue weighted by Gasteiger charge is 2.26. The van der Waals surface area contributed by atoms with Crippen molar-refractivity contribution in [1.29, 1.82) is 0 Å². The van der Waals surface area contributed by atoms with Gasteiger partial charge in [0, 0.05) is 20.1 Å². The fourth-order valence-corrected chi connectivity index (χ4v) is 2.13. The third-order valence-corrected chi connectivity index (χ3v) is 3.29. The summed E-state index contributed by atoms with van der Waals surface area (Å²) in [6.07, 6.45) is -5.79. The molecule has 0 aliphatic rings. The lowest BCUT2D eigenvalue weighted by molar-refractivity contribution is -0.132. The van der Waals surface area contributed by atoms with E-state index in [9.17, 15) is 18.0 Å². The Morgan fingerprint density at radius 3 is 2.30 bits per heavy atom. The van der Waals surface area contributed by atoms with E-state index >= 15 is 0 Å². The van der Waals surface area contributed by atoms with Crippen molar-refractivity contribution < 1.29 is 22.7 Å². The topological polar surface area (TPSA) is 74.8 Å². The maximum atomic E-state index is 12.3. The molecule has 0 radical (unpaired) electrons. The van der Waals surface area contributed by atoms with Gasteiger partial charge in [-0.25, -0.2) is 4.79 Å². The van der Waals surface area contributed by atoms with Crippen molar-refractivity contribution in [3.63, 3.8) is 0 Å². The fraction of sp³-hybridized carbons (Fsp3) is 0.556. The Morgan fingerprint density at radius 1 is 1.15 bits per heavy atom. The predicted octanol–water partition coefficient (Wildman–Crippen LogP) is 3.37. The molecule has 3 N–H and O–H groups in total. The molecule has 0 saturated heterocycles. The van der Waals surface area contributed by atoms with E-state index in [-0.39, 0.29) is 19.0 Å². The zero-order chi connectivity index (χ0) is 20.5. The normalized spacial score (nSPS) is 13.7. The molecule has 0 heterocycles. The number of halogens is 3. The molecule has 0 aliphatic carbocycles. The number of carbonyl (C=O) groups excluding carboxylic acids is 1. The van der Waals surface area contributed by atoms with Gasteiger partial charge in [0.15, 0.2) is 5.96 Å². The number of aliphatic imine (C=N–C) groups is 1. The van der Waals surface area contributed by atoms with Crippen molar-refractivity contribution in [2.24, 2.45) is 4.99 Å². The van der Waals surface area contributed by atoms with Crippen LogP contribution in [0.4, 0.5) is 18.0 Å². The Morgan fingerprint density at radius 2 is 1.78 bits per heavy atom. The van der Waals surface area contributed by atoms with Crippen LogP contribution in [0.2, 0.25) is 0 Å². The molecule has 152 valence electrons. The number of hydrogen-bond donors (Lipinski definition) is 3. The number of guanidine groups is 1. The van der Waals surface area contributed by atoms with Gasteiger partial charge in [0.25, 0.3) is 0 Å². The maximum absolute atomic E-state index is 12.3. The number of carbonyl (C=O) groups is 1. The van der Waals surface area contributed by atoms with E-state index in [1.807, 2.05) is 30.3 Å². The van der Waals surface area contributed by atoms with Crippen LogP contribution in [0.25, 0.3) is 0 Å². The number of alkyl carbamates (subject to hydrolysis) is 1. The van der Waals surface area contributed by atoms with E-state index in [1.54, 1.807) is 20.8 Å². The number of ether oxygens (including phenoxy) is 1. The van der Waals surface area contributed by atoms with E-state index < -0.39 is 30.3 Å². The van der Waals surface area contributed by atoms with Crippen molar-refractivity contribution in [3.8, 4) is 0 Å². The van der Waals surface area contributed by atoms with Crippen LogP contribution in [-0.4, -0.2) is 44.0 Å². The molecule has 1 amide bonds. The van der Waals surface area contributed by atoms with Crippen molar-refractivity contribution in [2.75, 3.05) is 20.1 Å². The average molecular weight is 388 g/mol. The summed E-state index contributed by atoms with van der Waals surface area (Å²) in [5.41, 5.74) is 0.176. The highest BCUT2D eigenvalue weighted by molar-refractivity contribution is 5.79. The van der Waals surface area contributed by atoms with E-state index in [0.29, 0.717) is 0 Å². The minimum absolute atomic E-state index is 0.214. The smallest absolute Gasteiger partial charge is 0.408 e. The molecule has 0 fully saturated rings. The number of rotatable bonds is 6. The van der Waals surface area contributed by atoms with Gasteiger partial charge in [0.1, 0.15) is 5.60 Å². The zero-order valence-corrected chi connectivity index (χ0v) is 16.0. The van der Waals surface area contributed by atoms with E-state index in [1.165, 1.54) is 7.05 Å². The van der Waals surface area contributed by atoms with E-state index in [4.69, 9.17) is 4.74 Å². The highest BCUT2D eigenvalue weighted by Crippen LogP contribution is 2.18. The van der Waals surface area contributed by atoms with Crippen molar-refractivity contribution in [2.45, 2.75) is 45.0 Å². The number of nitrogens with zero attached hydrogens (tertiary/aromatic N) is 1. The van der Waals surface area contributed by atoms with Gasteiger partial charge in [0.05, 0.1) is 12.5 Å². The van der Waals surface area contributed by atoms with Crippen LogP contribution in [0, 0.1) is 0 Å². The van der Waals surface area contributed by atoms with Crippen LogP contribution in [-0.2, 0) is 4.74 Å². The summed E-state index contributed by atoms with van der Waals surface area (Å²) in [5, 5.41) is 8.29. The van der Waals surface area contributed by atoms with Crippen LogP contribution >= 0.6 is 0 Å². The summed E-state index contributed by atoms with van der Waals surface area (Å²) in [6.45, 7) is 5.20. The summed E-state index contributed by atoms with van der Waals surface area (Å²) in [7, 11) is 1.46. The van der Waals surface area contributed by atoms with Gasteiger partial charge in [0.2, 0.25) is 0 Å². The highest BCUT2D eigenvalue weighted by atomic mass is 19.4. The second kappa shape index (κ2) is 10.0. The molecule has 0 aliphatic heterocycles. The minimum atomic E-state index is -4.24.